The molecule has 1 aliphatic rings. The lowest BCUT2D eigenvalue weighted by Crippen LogP contribution is -2.29. The molecule has 3 aromatic rings. The summed E-state index contributed by atoms with van der Waals surface area (Å²) in [5.41, 5.74) is 3.29. The van der Waals surface area contributed by atoms with Crippen molar-refractivity contribution in [2.24, 2.45) is 0 Å². The molecule has 7 heteroatoms. The molecular weight excluding hydrogens is 350 g/mol. The van der Waals surface area contributed by atoms with E-state index < -0.39 is 0 Å². The van der Waals surface area contributed by atoms with E-state index in [0.29, 0.717) is 16.5 Å². The second kappa shape index (κ2) is 6.72. The Bertz CT molecular complexity index is 979. The average Bonchev–Trinajstić information content (AvgIpc) is 3.11. The smallest absolute Gasteiger partial charge is 0.248 e. The number of ketones is 1. The highest BCUT2D eigenvalue weighted by Crippen LogP contribution is 2.35. The minimum Gasteiger partial charge on any atom is -0.327 e. The van der Waals surface area contributed by atoms with Gasteiger partial charge in [0.05, 0.1) is 0 Å². The van der Waals surface area contributed by atoms with Gasteiger partial charge in [-0.3, -0.25) is 4.79 Å². The van der Waals surface area contributed by atoms with Crippen LogP contribution in [0.5, 0.6) is 0 Å². The highest BCUT2D eigenvalue weighted by atomic mass is 35.5. The predicted octanol–water partition coefficient (Wildman–Crippen LogP) is 3.43. The normalized spacial score (nSPS) is 16.2. The third kappa shape index (κ3) is 2.99. The number of carbonyl (C=O) groups is 1. The van der Waals surface area contributed by atoms with E-state index in [4.69, 9.17) is 11.6 Å². The average molecular weight is 366 g/mol. The molecule has 0 amide bonds. The van der Waals surface area contributed by atoms with Gasteiger partial charge in [0, 0.05) is 22.7 Å². The molecule has 1 aromatic heterocycles. The first-order chi connectivity index (χ1) is 12.6. The van der Waals surface area contributed by atoms with Crippen molar-refractivity contribution in [2.75, 3.05) is 5.32 Å². The first-order valence-corrected chi connectivity index (χ1v) is 8.59. The van der Waals surface area contributed by atoms with Gasteiger partial charge in [0.1, 0.15) is 6.04 Å². The molecule has 0 radical (unpaired) electrons. The fourth-order valence-corrected chi connectivity index (χ4v) is 3.33. The van der Waals surface area contributed by atoms with Crippen molar-refractivity contribution in [3.63, 3.8) is 0 Å². The number of Topliss-reactive ketones (excluding diaryl/α,β-unsaturated/α-hetero) is 1. The monoisotopic (exact) mass is 365 g/mol. The molecule has 0 saturated carbocycles. The summed E-state index contributed by atoms with van der Waals surface area (Å²) < 4.78 is 1.65. The number of hydrogen-bond donors (Lipinski definition) is 1. The minimum atomic E-state index is -0.359. The van der Waals surface area contributed by atoms with Gasteiger partial charge in [-0.1, -0.05) is 59.2 Å². The number of nitrogens with one attached hydrogen (secondary N) is 1. The molecule has 4 rings (SSSR count). The van der Waals surface area contributed by atoms with Gasteiger partial charge in [0.25, 0.3) is 0 Å². The van der Waals surface area contributed by atoms with E-state index in [-0.39, 0.29) is 18.2 Å². The SMILES string of the molecule is CC1=C(C(=O)Cc2ccc(Cl)cc2)C(c2ccccc2)n2nnnc2N1. The number of allylic oxidation sites excluding steroid dienone is 2. The highest BCUT2D eigenvalue weighted by Gasteiger charge is 2.33. The molecule has 0 saturated heterocycles. The van der Waals surface area contributed by atoms with E-state index in [1.54, 1.807) is 16.8 Å². The van der Waals surface area contributed by atoms with E-state index >= 15 is 0 Å². The van der Waals surface area contributed by atoms with Gasteiger partial charge in [-0.2, -0.15) is 4.68 Å². The Kier molecular flexibility index (Phi) is 4.26. The number of aromatic nitrogens is 4. The van der Waals surface area contributed by atoms with Crippen LogP contribution < -0.4 is 5.32 Å². The summed E-state index contributed by atoms with van der Waals surface area (Å²) in [6.07, 6.45) is 0.284. The second-order valence-corrected chi connectivity index (χ2v) is 6.59. The van der Waals surface area contributed by atoms with E-state index in [0.717, 1.165) is 16.8 Å². The Morgan fingerprint density at radius 1 is 1.15 bits per heavy atom. The summed E-state index contributed by atoms with van der Waals surface area (Å²) in [7, 11) is 0. The maximum atomic E-state index is 13.2. The van der Waals surface area contributed by atoms with Crippen LogP contribution in [0.25, 0.3) is 0 Å². The molecule has 0 aliphatic carbocycles. The molecule has 1 atom stereocenters. The van der Waals surface area contributed by atoms with Gasteiger partial charge >= 0.3 is 0 Å². The molecule has 0 bridgehead atoms. The quantitative estimate of drug-likeness (QED) is 0.766. The Morgan fingerprint density at radius 3 is 2.62 bits per heavy atom. The molecule has 1 N–H and O–H groups in total. The first-order valence-electron chi connectivity index (χ1n) is 8.22. The van der Waals surface area contributed by atoms with Crippen LogP contribution in [0.1, 0.15) is 24.1 Å². The summed E-state index contributed by atoms with van der Waals surface area (Å²) in [6.45, 7) is 1.88. The Hall–Kier alpha value is -2.99. The lowest BCUT2D eigenvalue weighted by molar-refractivity contribution is -0.115. The zero-order chi connectivity index (χ0) is 18.1. The Labute approximate surface area is 155 Å². The van der Waals surface area contributed by atoms with Crippen LogP contribution in [0.4, 0.5) is 5.95 Å². The zero-order valence-electron chi connectivity index (χ0n) is 14.1. The number of halogens is 1. The molecule has 0 spiro atoms. The largest absolute Gasteiger partial charge is 0.327 e. The van der Waals surface area contributed by atoms with E-state index in [1.165, 1.54) is 0 Å². The lowest BCUT2D eigenvalue weighted by atomic mass is 9.90. The van der Waals surface area contributed by atoms with E-state index in [9.17, 15) is 4.79 Å². The van der Waals surface area contributed by atoms with Crippen molar-refractivity contribution in [2.45, 2.75) is 19.4 Å². The maximum Gasteiger partial charge on any atom is 0.248 e. The van der Waals surface area contributed by atoms with Crippen LogP contribution in [-0.4, -0.2) is 26.0 Å². The second-order valence-electron chi connectivity index (χ2n) is 6.15. The topological polar surface area (TPSA) is 72.7 Å². The Morgan fingerprint density at radius 2 is 1.88 bits per heavy atom. The molecule has 2 heterocycles. The minimum absolute atomic E-state index is 0.0207. The van der Waals surface area contributed by atoms with Crippen LogP contribution in [0.15, 0.2) is 65.9 Å². The third-order valence-corrected chi connectivity index (χ3v) is 4.66. The summed E-state index contributed by atoms with van der Waals surface area (Å²) >= 11 is 5.94. The van der Waals surface area contributed by atoms with Gasteiger partial charge in [-0.05, 0) is 40.6 Å². The maximum absolute atomic E-state index is 13.2. The van der Waals surface area contributed by atoms with E-state index in [2.05, 4.69) is 20.8 Å². The molecule has 1 unspecified atom stereocenters. The molecule has 130 valence electrons. The van der Waals surface area contributed by atoms with Gasteiger partial charge < -0.3 is 5.32 Å². The molecule has 26 heavy (non-hydrogen) atoms. The number of nitrogens with zero attached hydrogens (tertiary/aromatic N) is 4. The fraction of sp³-hybridized carbons (Fsp3) is 0.158. The first kappa shape index (κ1) is 16.5. The Balaban J connectivity index is 1.74. The molecule has 6 nitrogen and oxygen atoms in total. The fourth-order valence-electron chi connectivity index (χ4n) is 3.20. The standard InChI is InChI=1S/C19H16ClN5O/c1-12-17(16(26)11-13-7-9-15(20)10-8-13)18(14-5-3-2-4-6-14)25-19(21-12)22-23-24-25/h2-10,18H,11H2,1H3,(H,21,22,24). The van der Waals surface area contributed by atoms with E-state index in [1.807, 2.05) is 49.4 Å². The number of rotatable bonds is 4. The molecular formula is C19H16ClN5O. The van der Waals surface area contributed by atoms with Crippen LogP contribution in [0, 0.1) is 0 Å². The van der Waals surface area contributed by atoms with Crippen molar-refractivity contribution in [3.05, 3.63) is 82.0 Å². The van der Waals surface area contributed by atoms with Crippen molar-refractivity contribution in [1.29, 1.82) is 0 Å². The lowest BCUT2D eigenvalue weighted by Gasteiger charge is -2.28. The predicted molar refractivity (Wildman–Crippen MR) is 98.9 cm³/mol. The third-order valence-electron chi connectivity index (χ3n) is 4.41. The molecule has 0 fully saturated rings. The number of hydrogen-bond acceptors (Lipinski definition) is 5. The van der Waals surface area contributed by atoms with Crippen LogP contribution in [0.3, 0.4) is 0 Å². The molecule has 1 aliphatic heterocycles. The highest BCUT2D eigenvalue weighted by molar-refractivity contribution is 6.30. The van der Waals surface area contributed by atoms with Gasteiger partial charge in [-0.25, -0.2) is 0 Å². The van der Waals surface area contributed by atoms with Gasteiger partial charge in [-0.15, -0.1) is 0 Å². The van der Waals surface area contributed by atoms with Crippen molar-refractivity contribution < 1.29 is 4.79 Å². The summed E-state index contributed by atoms with van der Waals surface area (Å²) in [5, 5.41) is 15.6. The van der Waals surface area contributed by atoms with Crippen LogP contribution in [0.2, 0.25) is 5.02 Å². The van der Waals surface area contributed by atoms with Gasteiger partial charge in [0.15, 0.2) is 5.78 Å². The van der Waals surface area contributed by atoms with Crippen molar-refractivity contribution in [1.82, 2.24) is 20.2 Å². The number of benzene rings is 2. The number of carbonyl (C=O) groups excluding carboxylic acids is 1. The summed E-state index contributed by atoms with van der Waals surface area (Å²) in [6, 6.07) is 16.7. The van der Waals surface area contributed by atoms with Gasteiger partial charge in [0.2, 0.25) is 5.95 Å². The number of fused-ring (bicyclic) bond motifs is 1. The van der Waals surface area contributed by atoms with Crippen LogP contribution >= 0.6 is 11.6 Å². The van der Waals surface area contributed by atoms with Crippen LogP contribution in [-0.2, 0) is 11.2 Å². The van der Waals surface area contributed by atoms with Crippen molar-refractivity contribution in [3.8, 4) is 0 Å². The zero-order valence-corrected chi connectivity index (χ0v) is 14.8. The number of anilines is 1. The summed E-state index contributed by atoms with van der Waals surface area (Å²) in [4.78, 5) is 13.2. The summed E-state index contributed by atoms with van der Waals surface area (Å²) in [5.74, 6) is 0.548. The molecule has 2 aromatic carbocycles. The van der Waals surface area contributed by atoms with Crippen molar-refractivity contribution >= 4 is 23.3 Å². The number of tetrazole rings is 1.